The van der Waals surface area contributed by atoms with Crippen LogP contribution in [0, 0.1) is 0 Å². The van der Waals surface area contributed by atoms with Crippen molar-refractivity contribution in [1.29, 1.82) is 0 Å². The predicted molar refractivity (Wildman–Crippen MR) is 68.0 cm³/mol. The van der Waals surface area contributed by atoms with Crippen LogP contribution in [-0.4, -0.2) is 23.5 Å². The molecule has 0 spiro atoms. The van der Waals surface area contributed by atoms with Gasteiger partial charge in [0, 0.05) is 6.42 Å². The van der Waals surface area contributed by atoms with E-state index in [4.69, 9.17) is 9.94 Å². The minimum absolute atomic E-state index is 0.0380. The molecule has 96 valence electrons. The van der Waals surface area contributed by atoms with Crippen molar-refractivity contribution in [1.82, 2.24) is 0 Å². The highest BCUT2D eigenvalue weighted by molar-refractivity contribution is 6.36. The summed E-state index contributed by atoms with van der Waals surface area (Å²) in [5, 5.41) is 11.8. The normalized spacial score (nSPS) is 15.5. The first-order valence-corrected chi connectivity index (χ1v) is 6.21. The van der Waals surface area contributed by atoms with Crippen LogP contribution in [0.5, 0.6) is 0 Å². The molecule has 0 unspecified atom stereocenters. The molecule has 1 aliphatic rings. The molecule has 0 heterocycles. The van der Waals surface area contributed by atoms with Crippen molar-refractivity contribution >= 4 is 11.7 Å². The molecule has 1 aliphatic carbocycles. The van der Waals surface area contributed by atoms with Crippen LogP contribution >= 0.6 is 0 Å². The number of nitrogens with zero attached hydrogens (tertiary/aromatic N) is 1. The number of hydrogen-bond donors (Lipinski definition) is 1. The first-order chi connectivity index (χ1) is 8.74. The summed E-state index contributed by atoms with van der Waals surface area (Å²) in [6, 6.07) is 8.09. The summed E-state index contributed by atoms with van der Waals surface area (Å²) in [5.41, 5.74) is 2.33. The zero-order valence-corrected chi connectivity index (χ0v) is 10.4. The maximum Gasteiger partial charge on any atom is 0.356 e. The average Bonchev–Trinajstić information content (AvgIpc) is 3.21. The Balaban J connectivity index is 2.00. The van der Waals surface area contributed by atoms with E-state index in [0.29, 0.717) is 6.42 Å². The summed E-state index contributed by atoms with van der Waals surface area (Å²) in [5.74, 6) is 0.154. The summed E-state index contributed by atoms with van der Waals surface area (Å²) < 4.78 is 4.81. The lowest BCUT2D eigenvalue weighted by atomic mass is 10.0. The van der Waals surface area contributed by atoms with Crippen molar-refractivity contribution < 1.29 is 14.7 Å². The Bertz CT molecular complexity index is 447. The second-order valence-corrected chi connectivity index (χ2v) is 4.46. The van der Waals surface area contributed by atoms with Crippen molar-refractivity contribution in [2.45, 2.75) is 32.1 Å². The van der Waals surface area contributed by atoms with Gasteiger partial charge in [-0.15, -0.1) is 0 Å². The average molecular weight is 247 g/mol. The molecule has 0 aromatic heterocycles. The smallest absolute Gasteiger partial charge is 0.356 e. The number of carbonyl (C=O) groups excluding carboxylic acids is 1. The third-order valence-electron chi connectivity index (χ3n) is 3.03. The molecule has 1 saturated carbocycles. The van der Waals surface area contributed by atoms with Crippen LogP contribution in [0.2, 0.25) is 0 Å². The van der Waals surface area contributed by atoms with E-state index < -0.39 is 5.97 Å². The summed E-state index contributed by atoms with van der Waals surface area (Å²) in [7, 11) is 0. The molecule has 0 aliphatic heterocycles. The second kappa shape index (κ2) is 5.67. The van der Waals surface area contributed by atoms with E-state index in [0.717, 1.165) is 11.5 Å². The van der Waals surface area contributed by atoms with Crippen molar-refractivity contribution in [3.8, 4) is 0 Å². The van der Waals surface area contributed by atoms with Crippen molar-refractivity contribution in [3.63, 3.8) is 0 Å². The van der Waals surface area contributed by atoms with Crippen LogP contribution in [0.15, 0.2) is 29.4 Å². The van der Waals surface area contributed by atoms with Gasteiger partial charge in [0.1, 0.15) is 0 Å². The van der Waals surface area contributed by atoms with E-state index in [-0.39, 0.29) is 12.3 Å². The van der Waals surface area contributed by atoms with Gasteiger partial charge in [-0.1, -0.05) is 29.4 Å². The molecule has 4 nitrogen and oxygen atoms in total. The number of oxime groups is 1. The van der Waals surface area contributed by atoms with Crippen LogP contribution < -0.4 is 0 Å². The van der Waals surface area contributed by atoms with Crippen LogP contribution in [0.1, 0.15) is 36.8 Å². The maximum atomic E-state index is 11.5. The fourth-order valence-electron chi connectivity index (χ4n) is 1.88. The maximum absolute atomic E-state index is 11.5. The molecule has 0 radical (unpaired) electrons. The first-order valence-electron chi connectivity index (χ1n) is 6.21. The standard InChI is InChI=1S/C14H17NO3/c1-2-18-14(16)13(15-17)9-10-3-5-11(6-4-10)12-7-8-12/h3-6,12,17H,2,7-9H2,1H3. The molecule has 1 aromatic carbocycles. The molecule has 2 rings (SSSR count). The number of ether oxygens (including phenoxy) is 1. The van der Waals surface area contributed by atoms with E-state index in [1.807, 2.05) is 12.1 Å². The van der Waals surface area contributed by atoms with Crippen molar-refractivity contribution in [2.75, 3.05) is 6.61 Å². The molecular weight excluding hydrogens is 230 g/mol. The Morgan fingerprint density at radius 1 is 1.39 bits per heavy atom. The SMILES string of the molecule is CCOC(=O)C(Cc1ccc(C2CC2)cc1)=NO. The van der Waals surface area contributed by atoms with E-state index in [1.165, 1.54) is 18.4 Å². The fourth-order valence-corrected chi connectivity index (χ4v) is 1.88. The third-order valence-corrected chi connectivity index (χ3v) is 3.03. The largest absolute Gasteiger partial charge is 0.461 e. The number of carbonyl (C=O) groups is 1. The Labute approximate surface area is 106 Å². The zero-order chi connectivity index (χ0) is 13.0. The Kier molecular flexibility index (Phi) is 3.97. The van der Waals surface area contributed by atoms with Crippen molar-refractivity contribution in [3.05, 3.63) is 35.4 Å². The lowest BCUT2D eigenvalue weighted by molar-refractivity contribution is -0.135. The highest BCUT2D eigenvalue weighted by Gasteiger charge is 2.23. The van der Waals surface area contributed by atoms with Gasteiger partial charge in [-0.3, -0.25) is 0 Å². The molecule has 4 heteroatoms. The van der Waals surface area contributed by atoms with E-state index in [1.54, 1.807) is 6.92 Å². The second-order valence-electron chi connectivity index (χ2n) is 4.46. The van der Waals surface area contributed by atoms with Gasteiger partial charge in [-0.2, -0.15) is 0 Å². The molecule has 0 saturated heterocycles. The number of benzene rings is 1. The van der Waals surface area contributed by atoms with Crippen LogP contribution in [-0.2, 0) is 16.0 Å². The molecule has 18 heavy (non-hydrogen) atoms. The van der Waals surface area contributed by atoms with E-state index >= 15 is 0 Å². The molecule has 0 amide bonds. The molecular formula is C14H17NO3. The minimum Gasteiger partial charge on any atom is -0.461 e. The van der Waals surface area contributed by atoms with E-state index in [9.17, 15) is 4.79 Å². The molecule has 1 aromatic rings. The van der Waals surface area contributed by atoms with Crippen LogP contribution in [0.3, 0.4) is 0 Å². The Morgan fingerprint density at radius 2 is 2.06 bits per heavy atom. The fraction of sp³-hybridized carbons (Fsp3) is 0.429. The third kappa shape index (κ3) is 3.09. The highest BCUT2D eigenvalue weighted by Crippen LogP contribution is 2.39. The lowest BCUT2D eigenvalue weighted by Gasteiger charge is -2.05. The quantitative estimate of drug-likeness (QED) is 0.376. The van der Waals surface area contributed by atoms with Gasteiger partial charge < -0.3 is 9.94 Å². The summed E-state index contributed by atoms with van der Waals surface area (Å²) in [4.78, 5) is 11.5. The Morgan fingerprint density at radius 3 is 2.56 bits per heavy atom. The molecule has 0 bridgehead atoms. The van der Waals surface area contributed by atoms with Crippen molar-refractivity contribution in [2.24, 2.45) is 5.16 Å². The first kappa shape index (κ1) is 12.6. The number of hydrogen-bond acceptors (Lipinski definition) is 4. The van der Waals surface area contributed by atoms with Gasteiger partial charge in [0.15, 0.2) is 5.71 Å². The Hall–Kier alpha value is -1.84. The summed E-state index contributed by atoms with van der Waals surface area (Å²) in [6.07, 6.45) is 2.83. The lowest BCUT2D eigenvalue weighted by Crippen LogP contribution is -2.20. The van der Waals surface area contributed by atoms with Gasteiger partial charge in [0.2, 0.25) is 0 Å². The highest BCUT2D eigenvalue weighted by atomic mass is 16.5. The number of rotatable bonds is 5. The summed E-state index contributed by atoms with van der Waals surface area (Å²) in [6.45, 7) is 2.00. The summed E-state index contributed by atoms with van der Waals surface area (Å²) >= 11 is 0. The van der Waals surface area contributed by atoms with Gasteiger partial charge in [0.05, 0.1) is 6.61 Å². The zero-order valence-electron chi connectivity index (χ0n) is 10.4. The molecule has 0 atom stereocenters. The van der Waals surface area contributed by atoms with Gasteiger partial charge in [0.25, 0.3) is 0 Å². The van der Waals surface area contributed by atoms with Gasteiger partial charge in [-0.25, -0.2) is 4.79 Å². The monoisotopic (exact) mass is 247 g/mol. The van der Waals surface area contributed by atoms with Crippen LogP contribution in [0.4, 0.5) is 0 Å². The predicted octanol–water partition coefficient (Wildman–Crippen LogP) is 2.50. The van der Waals surface area contributed by atoms with Crippen LogP contribution in [0.25, 0.3) is 0 Å². The molecule has 1 fully saturated rings. The van der Waals surface area contributed by atoms with Gasteiger partial charge in [-0.05, 0) is 36.8 Å². The van der Waals surface area contributed by atoms with E-state index in [2.05, 4.69) is 17.3 Å². The minimum atomic E-state index is -0.564. The number of esters is 1. The topological polar surface area (TPSA) is 58.9 Å². The molecule has 1 N–H and O–H groups in total. The van der Waals surface area contributed by atoms with Gasteiger partial charge >= 0.3 is 5.97 Å².